The second kappa shape index (κ2) is 6.35. The Kier molecular flexibility index (Phi) is 3.89. The zero-order valence-corrected chi connectivity index (χ0v) is 16.9. The van der Waals surface area contributed by atoms with Crippen LogP contribution in [-0.4, -0.2) is 16.1 Å². The van der Waals surface area contributed by atoms with Crippen molar-refractivity contribution in [2.75, 3.05) is 4.90 Å². The summed E-state index contributed by atoms with van der Waals surface area (Å²) in [4.78, 5) is 28.4. The van der Waals surface area contributed by atoms with Crippen LogP contribution in [0, 0.1) is 20.8 Å². The van der Waals surface area contributed by atoms with Gasteiger partial charge < -0.3 is 4.42 Å². The molecule has 1 atom stereocenters. The zero-order chi connectivity index (χ0) is 20.3. The number of carbonyl (C=O) groups excluding carboxylic acids is 1. The van der Waals surface area contributed by atoms with E-state index in [2.05, 4.69) is 10.2 Å². The van der Waals surface area contributed by atoms with E-state index in [1.807, 2.05) is 51.1 Å². The number of hydrogen-bond donors (Lipinski definition) is 0. The van der Waals surface area contributed by atoms with E-state index in [1.54, 1.807) is 12.1 Å². The van der Waals surface area contributed by atoms with Crippen molar-refractivity contribution in [3.05, 3.63) is 85.7 Å². The highest BCUT2D eigenvalue weighted by Crippen LogP contribution is 2.42. The van der Waals surface area contributed by atoms with Crippen LogP contribution in [0.3, 0.4) is 0 Å². The SMILES string of the molecule is Cc1ccc(C2c3c(oc4ccc(C)cc4c3=O)C(=O)N2c2nnc(C)s2)cc1. The summed E-state index contributed by atoms with van der Waals surface area (Å²) >= 11 is 1.31. The standard InChI is InChI=1S/C22H17N3O3S/c1-11-4-7-14(8-5-11)18-17-19(26)15-10-12(2)6-9-16(15)28-20(17)21(27)25(18)22-24-23-13(3)29-22/h4-10,18H,1-3H3. The van der Waals surface area contributed by atoms with Crippen LogP contribution in [0.2, 0.25) is 0 Å². The molecule has 0 saturated heterocycles. The number of anilines is 1. The van der Waals surface area contributed by atoms with Gasteiger partial charge in [-0.05, 0) is 38.5 Å². The van der Waals surface area contributed by atoms with Crippen molar-refractivity contribution in [3.63, 3.8) is 0 Å². The summed E-state index contributed by atoms with van der Waals surface area (Å²) < 4.78 is 5.95. The summed E-state index contributed by atoms with van der Waals surface area (Å²) in [5.74, 6) is -0.300. The number of hydrogen-bond acceptors (Lipinski definition) is 6. The highest BCUT2D eigenvalue weighted by molar-refractivity contribution is 7.15. The Labute approximate surface area is 170 Å². The number of aromatic nitrogens is 2. The third-order valence-corrected chi connectivity index (χ3v) is 5.98. The Balaban J connectivity index is 1.83. The number of nitrogens with zero attached hydrogens (tertiary/aromatic N) is 3. The molecule has 5 rings (SSSR count). The van der Waals surface area contributed by atoms with Gasteiger partial charge in [-0.2, -0.15) is 0 Å². The Morgan fingerprint density at radius 3 is 2.38 bits per heavy atom. The molecule has 0 N–H and O–H groups in total. The first kappa shape index (κ1) is 17.8. The van der Waals surface area contributed by atoms with Gasteiger partial charge in [-0.3, -0.25) is 14.5 Å². The molecule has 0 saturated carbocycles. The van der Waals surface area contributed by atoms with Crippen LogP contribution in [0.1, 0.15) is 43.9 Å². The van der Waals surface area contributed by atoms with E-state index < -0.39 is 6.04 Å². The topological polar surface area (TPSA) is 76.3 Å². The largest absolute Gasteiger partial charge is 0.450 e. The van der Waals surface area contributed by atoms with Crippen LogP contribution in [0.4, 0.5) is 5.13 Å². The molecule has 4 aromatic rings. The van der Waals surface area contributed by atoms with Gasteiger partial charge in [0.1, 0.15) is 10.6 Å². The number of amides is 1. The Bertz CT molecular complexity index is 1340. The summed E-state index contributed by atoms with van der Waals surface area (Å²) in [6, 6.07) is 12.6. The summed E-state index contributed by atoms with van der Waals surface area (Å²) in [5, 5.41) is 9.89. The van der Waals surface area contributed by atoms with E-state index in [4.69, 9.17) is 4.42 Å². The van der Waals surface area contributed by atoms with E-state index in [0.717, 1.165) is 21.7 Å². The number of aryl methyl sites for hydroxylation is 3. The van der Waals surface area contributed by atoms with Crippen molar-refractivity contribution in [1.82, 2.24) is 10.2 Å². The Hall–Kier alpha value is -3.32. The molecular weight excluding hydrogens is 386 g/mol. The molecule has 0 radical (unpaired) electrons. The molecule has 2 aromatic carbocycles. The van der Waals surface area contributed by atoms with Gasteiger partial charge in [0.25, 0.3) is 5.91 Å². The van der Waals surface area contributed by atoms with Crippen LogP contribution < -0.4 is 10.3 Å². The van der Waals surface area contributed by atoms with Crippen molar-refractivity contribution in [2.45, 2.75) is 26.8 Å². The van der Waals surface area contributed by atoms with Crippen LogP contribution in [-0.2, 0) is 0 Å². The molecule has 144 valence electrons. The monoisotopic (exact) mass is 403 g/mol. The lowest BCUT2D eigenvalue weighted by Gasteiger charge is -2.22. The second-order valence-electron chi connectivity index (χ2n) is 7.27. The van der Waals surface area contributed by atoms with Crippen molar-refractivity contribution in [1.29, 1.82) is 0 Å². The van der Waals surface area contributed by atoms with Gasteiger partial charge in [0.05, 0.1) is 17.0 Å². The maximum atomic E-state index is 13.5. The zero-order valence-electron chi connectivity index (χ0n) is 16.1. The first-order chi connectivity index (χ1) is 13.9. The van der Waals surface area contributed by atoms with Crippen LogP contribution >= 0.6 is 11.3 Å². The van der Waals surface area contributed by atoms with Gasteiger partial charge in [-0.1, -0.05) is 52.8 Å². The van der Waals surface area contributed by atoms with Crippen molar-refractivity contribution < 1.29 is 9.21 Å². The molecule has 1 amide bonds. The number of fused-ring (bicyclic) bond motifs is 2. The van der Waals surface area contributed by atoms with Crippen LogP contribution in [0.5, 0.6) is 0 Å². The summed E-state index contributed by atoms with van der Waals surface area (Å²) in [7, 11) is 0. The number of rotatable bonds is 2. The summed E-state index contributed by atoms with van der Waals surface area (Å²) in [5.41, 5.74) is 3.45. The average Bonchev–Trinajstić information content (AvgIpc) is 3.25. The van der Waals surface area contributed by atoms with Crippen molar-refractivity contribution in [2.24, 2.45) is 0 Å². The lowest BCUT2D eigenvalue weighted by molar-refractivity contribution is 0.0970. The fourth-order valence-corrected chi connectivity index (χ4v) is 4.45. The molecule has 0 bridgehead atoms. The predicted octanol–water partition coefficient (Wildman–Crippen LogP) is 4.32. The lowest BCUT2D eigenvalue weighted by Crippen LogP contribution is -2.29. The smallest absolute Gasteiger partial charge is 0.297 e. The normalized spacial score (nSPS) is 15.9. The van der Waals surface area contributed by atoms with Gasteiger partial charge in [0.15, 0.2) is 5.43 Å². The molecule has 1 aliphatic heterocycles. The Morgan fingerprint density at radius 2 is 1.69 bits per heavy atom. The van der Waals surface area contributed by atoms with Crippen molar-refractivity contribution >= 4 is 33.3 Å². The minimum atomic E-state index is -0.605. The maximum Gasteiger partial charge on any atom is 0.297 e. The van der Waals surface area contributed by atoms with Crippen molar-refractivity contribution in [3.8, 4) is 0 Å². The summed E-state index contributed by atoms with van der Waals surface area (Å²) in [6.45, 7) is 5.75. The van der Waals surface area contributed by atoms with E-state index in [-0.39, 0.29) is 17.1 Å². The van der Waals surface area contributed by atoms with E-state index in [1.165, 1.54) is 16.2 Å². The van der Waals surface area contributed by atoms with E-state index in [0.29, 0.717) is 21.7 Å². The molecule has 3 heterocycles. The minimum Gasteiger partial charge on any atom is -0.450 e. The Morgan fingerprint density at radius 1 is 0.966 bits per heavy atom. The van der Waals surface area contributed by atoms with Gasteiger partial charge in [0.2, 0.25) is 10.9 Å². The predicted molar refractivity (Wildman–Crippen MR) is 112 cm³/mol. The lowest BCUT2D eigenvalue weighted by atomic mass is 9.97. The summed E-state index contributed by atoms with van der Waals surface area (Å²) in [6.07, 6.45) is 0. The van der Waals surface area contributed by atoms with E-state index >= 15 is 0 Å². The third-order valence-electron chi connectivity index (χ3n) is 5.14. The molecule has 29 heavy (non-hydrogen) atoms. The maximum absolute atomic E-state index is 13.5. The quantitative estimate of drug-likeness (QED) is 0.498. The van der Waals surface area contributed by atoms with Gasteiger partial charge in [-0.15, -0.1) is 10.2 Å². The first-order valence-corrected chi connectivity index (χ1v) is 10.0. The molecule has 0 spiro atoms. The fraction of sp³-hybridized carbons (Fsp3) is 0.182. The number of benzene rings is 2. The molecule has 1 aliphatic rings. The third kappa shape index (κ3) is 2.69. The molecule has 0 fully saturated rings. The average molecular weight is 403 g/mol. The van der Waals surface area contributed by atoms with Crippen LogP contribution in [0.15, 0.2) is 51.7 Å². The van der Waals surface area contributed by atoms with Gasteiger partial charge in [-0.25, -0.2) is 0 Å². The molecule has 0 aliphatic carbocycles. The minimum absolute atomic E-state index is 0.0739. The van der Waals surface area contributed by atoms with E-state index in [9.17, 15) is 9.59 Å². The van der Waals surface area contributed by atoms with Crippen LogP contribution in [0.25, 0.3) is 11.0 Å². The molecule has 1 unspecified atom stereocenters. The van der Waals surface area contributed by atoms with Gasteiger partial charge >= 0.3 is 0 Å². The fourth-order valence-electron chi connectivity index (χ4n) is 3.73. The first-order valence-electron chi connectivity index (χ1n) is 9.21. The van der Waals surface area contributed by atoms with Gasteiger partial charge in [0, 0.05) is 0 Å². The second-order valence-corrected chi connectivity index (χ2v) is 8.43. The molecular formula is C22H17N3O3S. The number of carbonyl (C=O) groups is 1. The highest BCUT2D eigenvalue weighted by Gasteiger charge is 2.45. The molecule has 7 heteroatoms. The molecule has 2 aromatic heterocycles. The highest BCUT2D eigenvalue weighted by atomic mass is 32.1. The molecule has 6 nitrogen and oxygen atoms in total.